The highest BCUT2D eigenvalue weighted by atomic mass is 32.2. The third-order valence-corrected chi connectivity index (χ3v) is 7.57. The molecule has 0 aliphatic carbocycles. The Bertz CT molecular complexity index is 979. The molecule has 0 saturated carbocycles. The summed E-state index contributed by atoms with van der Waals surface area (Å²) in [6, 6.07) is 10.2. The number of amides is 2. The molecular weight excluding hydrogens is 418 g/mol. The maximum atomic E-state index is 12.9. The van der Waals surface area contributed by atoms with Gasteiger partial charge in [0, 0.05) is 39.1 Å². The maximum absolute atomic E-state index is 12.9. The summed E-state index contributed by atoms with van der Waals surface area (Å²) in [7, 11) is -3.59. The zero-order valence-corrected chi connectivity index (χ0v) is 18.7. The van der Waals surface area contributed by atoms with Gasteiger partial charge < -0.3 is 14.6 Å². The molecule has 1 aliphatic heterocycles. The summed E-state index contributed by atoms with van der Waals surface area (Å²) < 4.78 is 32.3. The Kier molecular flexibility index (Phi) is 7.50. The van der Waals surface area contributed by atoms with Crippen LogP contribution in [-0.2, 0) is 14.8 Å². The number of sulfonamides is 1. The Morgan fingerprint density at radius 1 is 1.10 bits per heavy atom. The number of furan rings is 1. The standard InChI is InChI=1S/C22H29N3O5S/c1-3-17(2)18-6-8-19(9-7-18)31(28,29)25-14-12-24(13-15-25)21(26)10-11-23-22(27)20-5-4-16-30-20/h4-9,16-17H,3,10-15H2,1-2H3,(H,23,27). The number of piperazine rings is 1. The Labute approximate surface area is 183 Å². The van der Waals surface area contributed by atoms with Crippen molar-refractivity contribution in [2.24, 2.45) is 0 Å². The molecule has 0 radical (unpaired) electrons. The average Bonchev–Trinajstić information content (AvgIpc) is 3.33. The second kappa shape index (κ2) is 10.1. The minimum Gasteiger partial charge on any atom is -0.459 e. The van der Waals surface area contributed by atoms with E-state index < -0.39 is 10.0 Å². The Balaban J connectivity index is 1.49. The number of hydrogen-bond acceptors (Lipinski definition) is 5. The second-order valence-corrected chi connectivity index (χ2v) is 9.58. The summed E-state index contributed by atoms with van der Waals surface area (Å²) in [5.41, 5.74) is 1.12. The van der Waals surface area contributed by atoms with E-state index in [-0.39, 0.29) is 48.5 Å². The van der Waals surface area contributed by atoms with E-state index in [1.807, 2.05) is 12.1 Å². The molecule has 2 amide bonds. The smallest absolute Gasteiger partial charge is 0.286 e. The molecule has 3 rings (SSSR count). The van der Waals surface area contributed by atoms with Gasteiger partial charge in [0.2, 0.25) is 15.9 Å². The molecule has 9 heteroatoms. The first-order valence-corrected chi connectivity index (χ1v) is 12.0. The first-order valence-electron chi connectivity index (χ1n) is 10.5. The molecular formula is C22H29N3O5S. The molecule has 1 saturated heterocycles. The van der Waals surface area contributed by atoms with Gasteiger partial charge in [-0.3, -0.25) is 9.59 Å². The molecule has 1 N–H and O–H groups in total. The lowest BCUT2D eigenvalue weighted by molar-refractivity contribution is -0.132. The van der Waals surface area contributed by atoms with Crippen molar-refractivity contribution in [3.05, 3.63) is 54.0 Å². The van der Waals surface area contributed by atoms with Gasteiger partial charge in [0.1, 0.15) is 0 Å². The van der Waals surface area contributed by atoms with Crippen LogP contribution in [0.15, 0.2) is 52.0 Å². The summed E-state index contributed by atoms with van der Waals surface area (Å²) >= 11 is 0. The number of benzene rings is 1. The van der Waals surface area contributed by atoms with Crippen molar-refractivity contribution >= 4 is 21.8 Å². The number of hydrogen-bond donors (Lipinski definition) is 1. The van der Waals surface area contributed by atoms with Crippen molar-refractivity contribution < 1.29 is 22.4 Å². The monoisotopic (exact) mass is 447 g/mol. The number of carbonyl (C=O) groups is 2. The molecule has 2 aromatic rings. The van der Waals surface area contributed by atoms with E-state index in [2.05, 4.69) is 19.2 Å². The van der Waals surface area contributed by atoms with E-state index in [1.165, 1.54) is 10.6 Å². The Morgan fingerprint density at radius 2 is 1.77 bits per heavy atom. The van der Waals surface area contributed by atoms with Gasteiger partial charge in [-0.2, -0.15) is 4.31 Å². The largest absolute Gasteiger partial charge is 0.459 e. The van der Waals surface area contributed by atoms with Crippen LogP contribution in [0.4, 0.5) is 0 Å². The van der Waals surface area contributed by atoms with Crippen molar-refractivity contribution in [1.29, 1.82) is 0 Å². The zero-order valence-electron chi connectivity index (χ0n) is 17.9. The van der Waals surface area contributed by atoms with Crippen molar-refractivity contribution in [2.45, 2.75) is 37.5 Å². The average molecular weight is 448 g/mol. The van der Waals surface area contributed by atoms with Crippen LogP contribution in [0.1, 0.15) is 48.7 Å². The minimum absolute atomic E-state index is 0.116. The van der Waals surface area contributed by atoms with Gasteiger partial charge in [-0.1, -0.05) is 26.0 Å². The maximum Gasteiger partial charge on any atom is 0.286 e. The highest BCUT2D eigenvalue weighted by Crippen LogP contribution is 2.23. The molecule has 8 nitrogen and oxygen atoms in total. The third-order valence-electron chi connectivity index (χ3n) is 5.66. The van der Waals surface area contributed by atoms with Gasteiger partial charge in [-0.15, -0.1) is 0 Å². The molecule has 0 bridgehead atoms. The van der Waals surface area contributed by atoms with Gasteiger partial charge in [0.15, 0.2) is 5.76 Å². The SMILES string of the molecule is CCC(C)c1ccc(S(=O)(=O)N2CCN(C(=O)CCNC(=O)c3ccco3)CC2)cc1. The van der Waals surface area contributed by atoms with Crippen LogP contribution >= 0.6 is 0 Å². The van der Waals surface area contributed by atoms with Crippen LogP contribution in [0, 0.1) is 0 Å². The minimum atomic E-state index is -3.59. The fourth-order valence-electron chi connectivity index (χ4n) is 3.47. The molecule has 1 aromatic carbocycles. The molecule has 2 heterocycles. The third kappa shape index (κ3) is 5.54. The lowest BCUT2D eigenvalue weighted by Gasteiger charge is -2.34. The summed E-state index contributed by atoms with van der Waals surface area (Å²) in [5, 5.41) is 2.64. The highest BCUT2D eigenvalue weighted by molar-refractivity contribution is 7.89. The first kappa shape index (κ1) is 23.0. The van der Waals surface area contributed by atoms with Crippen LogP contribution in [0.3, 0.4) is 0 Å². The molecule has 1 unspecified atom stereocenters. The molecule has 31 heavy (non-hydrogen) atoms. The fourth-order valence-corrected chi connectivity index (χ4v) is 4.89. The quantitative estimate of drug-likeness (QED) is 0.670. The summed E-state index contributed by atoms with van der Waals surface area (Å²) in [4.78, 5) is 26.1. The Morgan fingerprint density at radius 3 is 2.35 bits per heavy atom. The normalized spacial score (nSPS) is 16.1. The molecule has 1 atom stereocenters. The molecule has 1 aliphatic rings. The Hall–Kier alpha value is -2.65. The fraction of sp³-hybridized carbons (Fsp3) is 0.455. The van der Waals surface area contributed by atoms with E-state index in [1.54, 1.807) is 29.2 Å². The van der Waals surface area contributed by atoms with Crippen LogP contribution in [-0.4, -0.2) is 62.2 Å². The van der Waals surface area contributed by atoms with Crippen molar-refractivity contribution in [2.75, 3.05) is 32.7 Å². The number of carbonyl (C=O) groups excluding carboxylic acids is 2. The van der Waals surface area contributed by atoms with Gasteiger partial charge in [0.05, 0.1) is 11.2 Å². The molecule has 1 fully saturated rings. The van der Waals surface area contributed by atoms with Crippen LogP contribution < -0.4 is 5.32 Å². The van der Waals surface area contributed by atoms with Crippen molar-refractivity contribution in [3.8, 4) is 0 Å². The number of nitrogens with zero attached hydrogens (tertiary/aromatic N) is 2. The first-order chi connectivity index (χ1) is 14.8. The van der Waals surface area contributed by atoms with Gasteiger partial charge in [0.25, 0.3) is 5.91 Å². The lowest BCUT2D eigenvalue weighted by Crippen LogP contribution is -2.50. The predicted molar refractivity (Wildman–Crippen MR) is 116 cm³/mol. The molecule has 1 aromatic heterocycles. The topological polar surface area (TPSA) is 99.9 Å². The van der Waals surface area contributed by atoms with Gasteiger partial charge >= 0.3 is 0 Å². The molecule has 0 spiro atoms. The van der Waals surface area contributed by atoms with E-state index in [0.717, 1.165) is 12.0 Å². The van der Waals surface area contributed by atoms with E-state index in [9.17, 15) is 18.0 Å². The van der Waals surface area contributed by atoms with E-state index in [4.69, 9.17) is 4.42 Å². The highest BCUT2D eigenvalue weighted by Gasteiger charge is 2.30. The zero-order chi connectivity index (χ0) is 22.4. The van der Waals surface area contributed by atoms with Gasteiger partial charge in [-0.05, 0) is 42.2 Å². The van der Waals surface area contributed by atoms with Crippen LogP contribution in [0.2, 0.25) is 0 Å². The second-order valence-electron chi connectivity index (χ2n) is 7.65. The lowest BCUT2D eigenvalue weighted by atomic mass is 9.99. The predicted octanol–water partition coefficient (Wildman–Crippen LogP) is 2.45. The van der Waals surface area contributed by atoms with Crippen molar-refractivity contribution in [3.63, 3.8) is 0 Å². The number of nitrogens with one attached hydrogen (secondary N) is 1. The summed E-state index contributed by atoms with van der Waals surface area (Å²) in [5.74, 6) is 0.0985. The van der Waals surface area contributed by atoms with E-state index >= 15 is 0 Å². The van der Waals surface area contributed by atoms with Crippen LogP contribution in [0.25, 0.3) is 0 Å². The van der Waals surface area contributed by atoms with Crippen molar-refractivity contribution in [1.82, 2.24) is 14.5 Å². The molecule has 168 valence electrons. The summed E-state index contributed by atoms with van der Waals surface area (Å²) in [6.07, 6.45) is 2.55. The van der Waals surface area contributed by atoms with Crippen LogP contribution in [0.5, 0.6) is 0 Å². The summed E-state index contributed by atoms with van der Waals surface area (Å²) in [6.45, 7) is 5.56. The number of rotatable bonds is 8. The van der Waals surface area contributed by atoms with E-state index in [0.29, 0.717) is 19.0 Å². The van der Waals surface area contributed by atoms with Gasteiger partial charge in [-0.25, -0.2) is 8.42 Å².